The van der Waals surface area contributed by atoms with Gasteiger partial charge < -0.3 is 10.1 Å². The van der Waals surface area contributed by atoms with Gasteiger partial charge in [0.25, 0.3) is 5.91 Å². The molecule has 0 saturated heterocycles. The third-order valence-electron chi connectivity index (χ3n) is 5.55. The van der Waals surface area contributed by atoms with E-state index in [1.54, 1.807) is 13.2 Å². The number of nitrogens with one attached hydrogen (secondary N) is 1. The molecular weight excluding hydrogens is 336 g/mol. The fourth-order valence-electron chi connectivity index (χ4n) is 3.86. The molecular formula is C23H30N2O2. The number of carbonyl (C=O) groups excluding carboxylic acids is 1. The Labute approximate surface area is 162 Å². The number of hydrogen-bond donors (Lipinski definition) is 1. The molecule has 3 rings (SSSR count). The van der Waals surface area contributed by atoms with Crippen LogP contribution in [0.2, 0.25) is 0 Å². The molecule has 1 amide bonds. The normalized spacial score (nSPS) is 15.0. The van der Waals surface area contributed by atoms with Gasteiger partial charge >= 0.3 is 0 Å². The van der Waals surface area contributed by atoms with Crippen LogP contribution in [0.4, 0.5) is 5.69 Å². The quantitative estimate of drug-likeness (QED) is 0.780. The number of amides is 1. The Kier molecular flexibility index (Phi) is 6.51. The summed E-state index contributed by atoms with van der Waals surface area (Å²) in [6, 6.07) is 14.3. The van der Waals surface area contributed by atoms with Gasteiger partial charge in [-0.2, -0.15) is 0 Å². The minimum Gasteiger partial charge on any atom is -0.496 e. The van der Waals surface area contributed by atoms with Crippen LogP contribution in [-0.2, 0) is 6.54 Å². The van der Waals surface area contributed by atoms with Crippen LogP contribution in [0.25, 0.3) is 0 Å². The number of para-hydroxylation sites is 1. The van der Waals surface area contributed by atoms with Gasteiger partial charge in [0.05, 0.1) is 7.11 Å². The maximum atomic E-state index is 12.8. The van der Waals surface area contributed by atoms with E-state index in [4.69, 9.17) is 4.74 Å². The predicted octanol–water partition coefficient (Wildman–Crippen LogP) is 5.02. The summed E-state index contributed by atoms with van der Waals surface area (Å²) in [5.74, 6) is 0.619. The van der Waals surface area contributed by atoms with Gasteiger partial charge in [-0.05, 0) is 56.1 Å². The van der Waals surface area contributed by atoms with Crippen LogP contribution in [-0.4, -0.2) is 31.0 Å². The van der Waals surface area contributed by atoms with E-state index in [0.29, 0.717) is 11.6 Å². The van der Waals surface area contributed by atoms with Gasteiger partial charge in [-0.1, -0.05) is 43.5 Å². The number of aryl methyl sites for hydroxylation is 1. The molecule has 0 aliphatic heterocycles. The summed E-state index contributed by atoms with van der Waals surface area (Å²) in [7, 11) is 3.82. The Morgan fingerprint density at radius 2 is 1.89 bits per heavy atom. The molecule has 4 heteroatoms. The van der Waals surface area contributed by atoms with Crippen molar-refractivity contribution >= 4 is 11.6 Å². The number of hydrogen-bond acceptors (Lipinski definition) is 3. The zero-order valence-electron chi connectivity index (χ0n) is 16.6. The molecule has 1 aliphatic rings. The summed E-state index contributed by atoms with van der Waals surface area (Å²) in [4.78, 5) is 15.2. The monoisotopic (exact) mass is 366 g/mol. The molecule has 27 heavy (non-hydrogen) atoms. The molecule has 1 fully saturated rings. The fraction of sp³-hybridized carbons (Fsp3) is 0.435. The van der Waals surface area contributed by atoms with Gasteiger partial charge in [-0.25, -0.2) is 0 Å². The van der Waals surface area contributed by atoms with Gasteiger partial charge in [-0.3, -0.25) is 9.69 Å². The van der Waals surface area contributed by atoms with E-state index in [1.807, 2.05) is 37.3 Å². The zero-order chi connectivity index (χ0) is 19.2. The molecule has 144 valence electrons. The van der Waals surface area contributed by atoms with Crippen LogP contribution < -0.4 is 10.1 Å². The first-order valence-corrected chi connectivity index (χ1v) is 9.82. The van der Waals surface area contributed by atoms with Crippen LogP contribution in [0.15, 0.2) is 42.5 Å². The van der Waals surface area contributed by atoms with Crippen LogP contribution in [0.5, 0.6) is 5.75 Å². The molecule has 2 aromatic rings. The van der Waals surface area contributed by atoms with Crippen molar-refractivity contribution in [2.24, 2.45) is 0 Å². The van der Waals surface area contributed by atoms with Gasteiger partial charge in [0.1, 0.15) is 5.75 Å². The Hall–Kier alpha value is -2.33. The zero-order valence-corrected chi connectivity index (χ0v) is 16.6. The van der Waals surface area contributed by atoms with Crippen molar-refractivity contribution < 1.29 is 9.53 Å². The second kappa shape index (κ2) is 9.05. The van der Waals surface area contributed by atoms with Crippen molar-refractivity contribution in [1.29, 1.82) is 0 Å². The third-order valence-corrected chi connectivity index (χ3v) is 5.55. The topological polar surface area (TPSA) is 41.6 Å². The SMILES string of the molecule is COc1cc(C(=O)Nc2ccccc2CN(C)C2CCCCC2)ccc1C. The number of benzene rings is 2. The van der Waals surface area contributed by atoms with E-state index in [2.05, 4.69) is 23.3 Å². The number of anilines is 1. The van der Waals surface area contributed by atoms with Crippen molar-refractivity contribution in [2.75, 3.05) is 19.5 Å². The minimum atomic E-state index is -0.110. The first-order chi connectivity index (χ1) is 13.1. The summed E-state index contributed by atoms with van der Waals surface area (Å²) in [5.41, 5.74) is 3.65. The number of ether oxygens (including phenoxy) is 1. The highest BCUT2D eigenvalue weighted by Crippen LogP contribution is 2.25. The van der Waals surface area contributed by atoms with Gasteiger partial charge in [-0.15, -0.1) is 0 Å². The molecule has 0 aromatic heterocycles. The summed E-state index contributed by atoms with van der Waals surface area (Å²) in [6.07, 6.45) is 6.55. The first-order valence-electron chi connectivity index (χ1n) is 9.82. The molecule has 1 aliphatic carbocycles. The maximum absolute atomic E-state index is 12.8. The Balaban J connectivity index is 1.72. The highest BCUT2D eigenvalue weighted by Gasteiger charge is 2.19. The lowest BCUT2D eigenvalue weighted by Crippen LogP contribution is -2.33. The summed E-state index contributed by atoms with van der Waals surface area (Å²) in [6.45, 7) is 2.81. The highest BCUT2D eigenvalue weighted by atomic mass is 16.5. The molecule has 2 aromatic carbocycles. The van der Waals surface area contributed by atoms with Crippen LogP contribution >= 0.6 is 0 Å². The summed E-state index contributed by atoms with van der Waals surface area (Å²) < 4.78 is 5.34. The summed E-state index contributed by atoms with van der Waals surface area (Å²) in [5, 5.41) is 3.08. The Morgan fingerprint density at radius 1 is 1.15 bits per heavy atom. The van der Waals surface area contributed by atoms with E-state index in [9.17, 15) is 4.79 Å². The van der Waals surface area contributed by atoms with Crippen molar-refractivity contribution in [3.63, 3.8) is 0 Å². The lowest BCUT2D eigenvalue weighted by Gasteiger charge is -2.31. The second-order valence-electron chi connectivity index (χ2n) is 7.50. The maximum Gasteiger partial charge on any atom is 0.255 e. The van der Waals surface area contributed by atoms with Gasteiger partial charge in [0.15, 0.2) is 0 Å². The van der Waals surface area contributed by atoms with Crippen molar-refractivity contribution in [1.82, 2.24) is 4.90 Å². The fourth-order valence-corrected chi connectivity index (χ4v) is 3.86. The highest BCUT2D eigenvalue weighted by molar-refractivity contribution is 6.05. The number of nitrogens with zero attached hydrogens (tertiary/aromatic N) is 1. The van der Waals surface area contributed by atoms with E-state index >= 15 is 0 Å². The third kappa shape index (κ3) is 4.89. The van der Waals surface area contributed by atoms with Crippen molar-refractivity contribution in [2.45, 2.75) is 51.6 Å². The molecule has 1 N–H and O–H groups in total. The molecule has 1 saturated carbocycles. The molecule has 0 heterocycles. The van der Waals surface area contributed by atoms with E-state index in [1.165, 1.54) is 32.1 Å². The van der Waals surface area contributed by atoms with Crippen molar-refractivity contribution in [3.8, 4) is 5.75 Å². The predicted molar refractivity (Wildman–Crippen MR) is 110 cm³/mol. The summed E-state index contributed by atoms with van der Waals surface area (Å²) >= 11 is 0. The smallest absolute Gasteiger partial charge is 0.255 e. The van der Waals surface area contributed by atoms with E-state index < -0.39 is 0 Å². The Bertz CT molecular complexity index is 782. The first kappa shape index (κ1) is 19.4. The molecule has 0 atom stereocenters. The standard InChI is InChI=1S/C23H30N2O2/c1-17-13-14-18(15-22(17)27-3)23(26)24-21-12-8-7-9-19(21)16-25(2)20-10-5-4-6-11-20/h7-9,12-15,20H,4-6,10-11,16H2,1-3H3,(H,24,26). The van der Waals surface area contributed by atoms with Crippen molar-refractivity contribution in [3.05, 3.63) is 59.2 Å². The van der Waals surface area contributed by atoms with Gasteiger partial charge in [0, 0.05) is 23.8 Å². The number of carbonyl (C=O) groups is 1. The van der Waals surface area contributed by atoms with Gasteiger partial charge in [0.2, 0.25) is 0 Å². The molecule has 4 nitrogen and oxygen atoms in total. The second-order valence-corrected chi connectivity index (χ2v) is 7.50. The average Bonchev–Trinajstić information content (AvgIpc) is 2.70. The molecule has 0 spiro atoms. The average molecular weight is 367 g/mol. The van der Waals surface area contributed by atoms with Crippen LogP contribution in [0.1, 0.15) is 53.6 Å². The molecule has 0 radical (unpaired) electrons. The number of rotatable bonds is 6. The largest absolute Gasteiger partial charge is 0.496 e. The molecule has 0 bridgehead atoms. The Morgan fingerprint density at radius 3 is 2.63 bits per heavy atom. The van der Waals surface area contributed by atoms with E-state index in [0.717, 1.165) is 29.1 Å². The minimum absolute atomic E-state index is 0.110. The van der Waals surface area contributed by atoms with E-state index in [-0.39, 0.29) is 5.91 Å². The molecule has 0 unspecified atom stereocenters. The number of methoxy groups -OCH3 is 1. The lowest BCUT2D eigenvalue weighted by molar-refractivity contribution is 0.102. The van der Waals surface area contributed by atoms with Crippen LogP contribution in [0, 0.1) is 6.92 Å². The van der Waals surface area contributed by atoms with Crippen LogP contribution in [0.3, 0.4) is 0 Å². The lowest BCUT2D eigenvalue weighted by atomic mass is 9.94.